The quantitative estimate of drug-likeness (QED) is 0.227. The fourth-order valence-corrected chi connectivity index (χ4v) is 4.28. The fourth-order valence-electron chi connectivity index (χ4n) is 4.16. The maximum Gasteiger partial charge on any atom is 0.367 e. The van der Waals surface area contributed by atoms with Crippen LogP contribution in [0, 0.1) is 0 Å². The van der Waals surface area contributed by atoms with Crippen molar-refractivity contribution in [1.82, 2.24) is 14.8 Å². The van der Waals surface area contributed by atoms with Crippen molar-refractivity contribution in [2.75, 3.05) is 6.61 Å². The van der Waals surface area contributed by atoms with E-state index >= 15 is 0 Å². The highest BCUT2D eigenvalue weighted by Crippen LogP contribution is 2.34. The van der Waals surface area contributed by atoms with Gasteiger partial charge in [-0.25, -0.2) is 19.2 Å². The van der Waals surface area contributed by atoms with E-state index in [1.54, 1.807) is 78.9 Å². The van der Waals surface area contributed by atoms with Gasteiger partial charge in [0.05, 0.1) is 22.9 Å². The van der Waals surface area contributed by atoms with Crippen LogP contribution in [0.15, 0.2) is 102 Å². The van der Waals surface area contributed by atoms with Gasteiger partial charge in [-0.05, 0) is 36.4 Å². The summed E-state index contributed by atoms with van der Waals surface area (Å²) in [6.07, 6.45) is -4.19. The van der Waals surface area contributed by atoms with E-state index in [0.29, 0.717) is 0 Å². The first-order valence-corrected chi connectivity index (χ1v) is 12.8. The molecule has 1 aliphatic heterocycles. The molecule has 0 amide bonds. The predicted octanol–water partition coefficient (Wildman–Crippen LogP) is 3.50. The van der Waals surface area contributed by atoms with Crippen LogP contribution in [0.4, 0.5) is 0 Å². The molecule has 3 aromatic carbocycles. The number of nitrogens with zero attached hydrogens (tertiary/aromatic N) is 3. The van der Waals surface area contributed by atoms with E-state index in [1.165, 1.54) is 12.1 Å². The first kappa shape index (κ1) is 27.7. The molecule has 11 nitrogen and oxygen atoms in total. The second kappa shape index (κ2) is 12.5. The van der Waals surface area contributed by atoms with Gasteiger partial charge in [-0.3, -0.25) is 0 Å². The van der Waals surface area contributed by atoms with Crippen LogP contribution in [0.2, 0.25) is 5.15 Å². The number of benzene rings is 3. The molecular weight excluding hydrogens is 554 g/mol. The van der Waals surface area contributed by atoms with Gasteiger partial charge in [0, 0.05) is 0 Å². The summed E-state index contributed by atoms with van der Waals surface area (Å²) < 4.78 is 23.9. The Labute approximate surface area is 238 Å². The molecule has 0 unspecified atom stereocenters. The molecule has 0 N–H and O–H groups in total. The molecule has 0 bridgehead atoms. The van der Waals surface area contributed by atoms with Crippen LogP contribution in [0.1, 0.15) is 37.3 Å². The summed E-state index contributed by atoms with van der Waals surface area (Å²) in [6, 6.07) is 24.4. The monoisotopic (exact) mass is 575 g/mol. The average molecular weight is 576 g/mol. The molecule has 5 rings (SSSR count). The van der Waals surface area contributed by atoms with Gasteiger partial charge >= 0.3 is 23.6 Å². The highest BCUT2D eigenvalue weighted by Gasteiger charge is 2.52. The molecule has 41 heavy (non-hydrogen) atoms. The second-order valence-corrected chi connectivity index (χ2v) is 9.19. The maximum absolute atomic E-state index is 13.1. The SMILES string of the molecule is O=C(OC[C@@H]1O[C@@H](n2ncc(Cl)nc2=O)[C@H](OC(=O)c2ccccc2)[C@H]1OC(=O)c1ccccc1)c1ccccc1. The first-order valence-electron chi connectivity index (χ1n) is 12.4. The van der Waals surface area contributed by atoms with Crippen molar-refractivity contribution in [2.24, 2.45) is 0 Å². The third kappa shape index (κ3) is 6.48. The second-order valence-electron chi connectivity index (χ2n) is 8.81. The summed E-state index contributed by atoms with van der Waals surface area (Å²) in [6.45, 7) is -0.411. The lowest BCUT2D eigenvalue weighted by atomic mass is 10.1. The number of hydrogen-bond acceptors (Lipinski definition) is 10. The lowest BCUT2D eigenvalue weighted by molar-refractivity contribution is -0.0698. The number of hydrogen-bond donors (Lipinski definition) is 0. The minimum atomic E-state index is -1.41. The molecule has 0 saturated carbocycles. The zero-order valence-corrected chi connectivity index (χ0v) is 22.0. The van der Waals surface area contributed by atoms with E-state index in [4.69, 9.17) is 30.5 Å². The molecule has 1 aromatic heterocycles. The van der Waals surface area contributed by atoms with Crippen molar-refractivity contribution in [1.29, 1.82) is 0 Å². The highest BCUT2D eigenvalue weighted by molar-refractivity contribution is 6.29. The number of ether oxygens (including phenoxy) is 4. The van der Waals surface area contributed by atoms with Crippen LogP contribution in [0.25, 0.3) is 0 Å². The predicted molar refractivity (Wildman–Crippen MR) is 143 cm³/mol. The smallest absolute Gasteiger partial charge is 0.367 e. The van der Waals surface area contributed by atoms with Crippen molar-refractivity contribution in [3.8, 4) is 0 Å². The summed E-state index contributed by atoms with van der Waals surface area (Å²) in [5.41, 5.74) is -0.203. The normalized spacial score (nSPS) is 19.7. The molecule has 1 aliphatic rings. The lowest BCUT2D eigenvalue weighted by Crippen LogP contribution is -2.43. The molecule has 2 heterocycles. The standard InChI is InChI=1S/C29H22ClN3O8/c30-22-16-31-33(29(37)32-22)25-24(41-28(36)20-14-8-3-9-15-20)23(40-27(35)19-12-6-2-7-13-19)21(39-25)17-38-26(34)18-10-4-1-5-11-18/h1-16,21,23-25H,17H2/t21-,23-,24+,25+/m0/s1. The lowest BCUT2D eigenvalue weighted by Gasteiger charge is -2.24. The molecule has 1 saturated heterocycles. The van der Waals surface area contributed by atoms with E-state index in [1.807, 2.05) is 0 Å². The van der Waals surface area contributed by atoms with Crippen LogP contribution < -0.4 is 5.69 Å². The molecule has 4 atom stereocenters. The molecular formula is C29H22ClN3O8. The Morgan fingerprint density at radius 3 is 1.76 bits per heavy atom. The Balaban J connectivity index is 1.49. The van der Waals surface area contributed by atoms with Crippen molar-refractivity contribution in [3.05, 3.63) is 130 Å². The fraction of sp³-hybridized carbons (Fsp3) is 0.172. The summed E-state index contributed by atoms with van der Waals surface area (Å²) in [5, 5.41) is 3.82. The number of rotatable bonds is 8. The number of carbonyl (C=O) groups excluding carboxylic acids is 3. The molecule has 0 spiro atoms. The minimum absolute atomic E-state index is 0.164. The largest absolute Gasteiger partial charge is 0.459 e. The zero-order chi connectivity index (χ0) is 28.8. The summed E-state index contributed by atoms with van der Waals surface area (Å²) in [7, 11) is 0. The Morgan fingerprint density at radius 1 is 0.756 bits per heavy atom. The molecule has 0 radical (unpaired) electrons. The van der Waals surface area contributed by atoms with E-state index < -0.39 is 54.7 Å². The van der Waals surface area contributed by atoms with Gasteiger partial charge in [0.2, 0.25) is 0 Å². The Kier molecular flexibility index (Phi) is 8.47. The van der Waals surface area contributed by atoms with Crippen LogP contribution in [-0.2, 0) is 18.9 Å². The third-order valence-corrected chi connectivity index (χ3v) is 6.29. The Morgan fingerprint density at radius 2 is 1.24 bits per heavy atom. The van der Waals surface area contributed by atoms with Crippen LogP contribution in [-0.4, -0.2) is 57.6 Å². The van der Waals surface area contributed by atoms with Crippen molar-refractivity contribution in [2.45, 2.75) is 24.5 Å². The van der Waals surface area contributed by atoms with E-state index in [9.17, 15) is 19.2 Å². The zero-order valence-electron chi connectivity index (χ0n) is 21.2. The summed E-state index contributed by atoms with van der Waals surface area (Å²) in [4.78, 5) is 55.3. The van der Waals surface area contributed by atoms with Crippen molar-refractivity contribution < 1.29 is 33.3 Å². The van der Waals surface area contributed by atoms with E-state index in [-0.39, 0.29) is 21.8 Å². The topological polar surface area (TPSA) is 136 Å². The number of carbonyl (C=O) groups is 3. The number of esters is 3. The Bertz CT molecular complexity index is 1580. The van der Waals surface area contributed by atoms with Crippen LogP contribution >= 0.6 is 11.6 Å². The van der Waals surface area contributed by atoms with Gasteiger partial charge in [-0.1, -0.05) is 66.2 Å². The average Bonchev–Trinajstić information content (AvgIpc) is 3.33. The molecule has 0 aliphatic carbocycles. The Hall–Kier alpha value is -4.87. The number of halogens is 1. The molecule has 1 fully saturated rings. The first-order chi connectivity index (χ1) is 19.9. The van der Waals surface area contributed by atoms with Gasteiger partial charge in [0.25, 0.3) is 0 Å². The van der Waals surface area contributed by atoms with Gasteiger partial charge in [-0.15, -0.1) is 0 Å². The van der Waals surface area contributed by atoms with Crippen molar-refractivity contribution in [3.63, 3.8) is 0 Å². The van der Waals surface area contributed by atoms with Crippen LogP contribution in [0.3, 0.4) is 0 Å². The summed E-state index contributed by atoms with van der Waals surface area (Å²) in [5.74, 6) is -2.19. The van der Waals surface area contributed by atoms with Gasteiger partial charge < -0.3 is 18.9 Å². The van der Waals surface area contributed by atoms with Crippen molar-refractivity contribution >= 4 is 29.5 Å². The molecule has 12 heteroatoms. The number of aromatic nitrogens is 3. The summed E-state index contributed by atoms with van der Waals surface area (Å²) >= 11 is 5.82. The minimum Gasteiger partial charge on any atom is -0.459 e. The van der Waals surface area contributed by atoms with Gasteiger partial charge in [0.15, 0.2) is 23.6 Å². The van der Waals surface area contributed by atoms with Gasteiger partial charge in [-0.2, -0.15) is 14.8 Å². The van der Waals surface area contributed by atoms with E-state index in [0.717, 1.165) is 10.9 Å². The highest BCUT2D eigenvalue weighted by atomic mass is 35.5. The third-order valence-electron chi connectivity index (χ3n) is 6.11. The van der Waals surface area contributed by atoms with Gasteiger partial charge in [0.1, 0.15) is 12.7 Å². The maximum atomic E-state index is 13.1. The molecule has 208 valence electrons. The van der Waals surface area contributed by atoms with Crippen LogP contribution in [0.5, 0.6) is 0 Å². The molecule has 4 aromatic rings. The van der Waals surface area contributed by atoms with E-state index in [2.05, 4.69) is 10.1 Å².